The van der Waals surface area contributed by atoms with E-state index in [9.17, 15) is 9.59 Å². The summed E-state index contributed by atoms with van der Waals surface area (Å²) in [5.41, 5.74) is 0.829. The molecule has 3 unspecified atom stereocenters. The van der Waals surface area contributed by atoms with Crippen molar-refractivity contribution in [2.24, 2.45) is 5.92 Å². The maximum Gasteiger partial charge on any atom is 0.286 e. The van der Waals surface area contributed by atoms with Crippen LogP contribution in [0.5, 0.6) is 0 Å². The predicted molar refractivity (Wildman–Crippen MR) is 108 cm³/mol. The Morgan fingerprint density at radius 1 is 1.25 bits per heavy atom. The Morgan fingerprint density at radius 3 is 2.79 bits per heavy atom. The Morgan fingerprint density at radius 2 is 2.04 bits per heavy atom. The molecule has 2 heterocycles. The zero-order chi connectivity index (χ0) is 19.7. The van der Waals surface area contributed by atoms with Crippen LogP contribution < -0.4 is 5.32 Å². The third kappa shape index (κ3) is 4.18. The predicted octanol–water partition coefficient (Wildman–Crippen LogP) is 2.14. The third-order valence-corrected chi connectivity index (χ3v) is 6.15. The summed E-state index contributed by atoms with van der Waals surface area (Å²) in [4.78, 5) is 29.6. The van der Waals surface area contributed by atoms with E-state index < -0.39 is 0 Å². The number of morpholine rings is 1. The number of carbonyl (C=O) groups excluding carboxylic acids is 2. The summed E-state index contributed by atoms with van der Waals surface area (Å²) in [6.07, 6.45) is 3.85. The first-order valence-electron chi connectivity index (χ1n) is 9.92. The molecule has 2 saturated heterocycles. The average molecular weight is 404 g/mol. The highest BCUT2D eigenvalue weighted by Crippen LogP contribution is 2.32. The van der Waals surface area contributed by atoms with Crippen molar-refractivity contribution in [2.45, 2.75) is 31.4 Å². The highest BCUT2D eigenvalue weighted by molar-refractivity contribution is 6.30. The number of halogens is 1. The lowest BCUT2D eigenvalue weighted by molar-refractivity contribution is -0.142. The van der Waals surface area contributed by atoms with Crippen LogP contribution in [-0.2, 0) is 14.3 Å². The molecule has 1 saturated carbocycles. The van der Waals surface area contributed by atoms with E-state index in [0.29, 0.717) is 17.2 Å². The highest BCUT2D eigenvalue weighted by Gasteiger charge is 2.41. The topological polar surface area (TPSA) is 61.9 Å². The van der Waals surface area contributed by atoms with Crippen molar-refractivity contribution in [1.29, 1.82) is 0 Å². The number of nitrogens with one attached hydrogen (secondary N) is 1. The van der Waals surface area contributed by atoms with Crippen LogP contribution in [0.15, 0.2) is 30.0 Å². The van der Waals surface area contributed by atoms with Crippen LogP contribution in [-0.4, -0.2) is 67.0 Å². The van der Waals surface area contributed by atoms with Gasteiger partial charge in [0.05, 0.1) is 6.04 Å². The first kappa shape index (κ1) is 19.3. The van der Waals surface area contributed by atoms with Crippen molar-refractivity contribution in [2.75, 3.05) is 33.2 Å². The second-order valence-corrected chi connectivity index (χ2v) is 8.37. The van der Waals surface area contributed by atoms with E-state index in [2.05, 4.69) is 17.3 Å². The number of hydrogen-bond acceptors (Lipinski definition) is 4. The Labute approximate surface area is 170 Å². The largest absolute Gasteiger partial charge is 0.483 e. The first-order valence-corrected chi connectivity index (χ1v) is 10.3. The standard InChI is InChI=1S/C21H26ClN3O3/c1-24-7-9-25(10-8-24)21(27)15-5-6-18-17(13-15)23-20(26)19(28-18)12-14-3-2-4-16(22)11-14/h2-4,11-12,15,17-18H,5-10,13H2,1H3,(H,23,26)/b19-12+. The minimum Gasteiger partial charge on any atom is -0.483 e. The molecule has 4 rings (SSSR count). The van der Waals surface area contributed by atoms with Gasteiger partial charge in [0, 0.05) is 37.1 Å². The van der Waals surface area contributed by atoms with Crippen molar-refractivity contribution in [3.63, 3.8) is 0 Å². The summed E-state index contributed by atoms with van der Waals surface area (Å²) in [7, 11) is 2.08. The SMILES string of the molecule is CN1CCN(C(=O)C2CCC3O/C(=C/c4cccc(Cl)c4)C(=O)NC3C2)CC1. The van der Waals surface area contributed by atoms with Gasteiger partial charge in [-0.25, -0.2) is 0 Å². The Bertz CT molecular complexity index is 789. The van der Waals surface area contributed by atoms with Crippen LogP contribution in [0.4, 0.5) is 0 Å². The van der Waals surface area contributed by atoms with Gasteiger partial charge >= 0.3 is 0 Å². The second kappa shape index (κ2) is 8.13. The van der Waals surface area contributed by atoms with Crippen LogP contribution >= 0.6 is 11.6 Å². The number of rotatable bonds is 2. The van der Waals surface area contributed by atoms with Crippen molar-refractivity contribution >= 4 is 29.5 Å². The molecule has 0 radical (unpaired) electrons. The van der Waals surface area contributed by atoms with Gasteiger partial charge in [0.15, 0.2) is 5.76 Å². The molecule has 3 aliphatic rings. The number of nitrogens with zero attached hydrogens (tertiary/aromatic N) is 2. The van der Waals surface area contributed by atoms with Crippen molar-refractivity contribution in [3.05, 3.63) is 40.6 Å². The Balaban J connectivity index is 1.39. The molecule has 3 fully saturated rings. The van der Waals surface area contributed by atoms with E-state index in [-0.39, 0.29) is 29.9 Å². The highest BCUT2D eigenvalue weighted by atomic mass is 35.5. The summed E-state index contributed by atoms with van der Waals surface area (Å²) < 4.78 is 6.01. The summed E-state index contributed by atoms with van der Waals surface area (Å²) in [6, 6.07) is 7.20. The zero-order valence-corrected chi connectivity index (χ0v) is 16.8. The number of benzene rings is 1. The lowest BCUT2D eigenvalue weighted by atomic mass is 9.82. The number of likely N-dealkylation sites (N-methyl/N-ethyl adjacent to an activating group) is 1. The van der Waals surface area contributed by atoms with Gasteiger partial charge in [-0.1, -0.05) is 23.7 Å². The summed E-state index contributed by atoms with van der Waals surface area (Å²) >= 11 is 6.02. The van der Waals surface area contributed by atoms with Gasteiger partial charge in [-0.2, -0.15) is 0 Å². The van der Waals surface area contributed by atoms with Gasteiger partial charge in [0.25, 0.3) is 5.91 Å². The maximum atomic E-state index is 12.9. The summed E-state index contributed by atoms with van der Waals surface area (Å²) in [6.45, 7) is 3.41. The minimum atomic E-state index is -0.228. The maximum absolute atomic E-state index is 12.9. The quantitative estimate of drug-likeness (QED) is 0.768. The molecule has 28 heavy (non-hydrogen) atoms. The van der Waals surface area contributed by atoms with E-state index in [1.165, 1.54) is 0 Å². The number of amides is 2. The average Bonchev–Trinajstić information content (AvgIpc) is 2.68. The molecular weight excluding hydrogens is 378 g/mol. The molecule has 0 aromatic heterocycles. The number of carbonyl (C=O) groups is 2. The molecule has 0 spiro atoms. The first-order chi connectivity index (χ1) is 13.5. The van der Waals surface area contributed by atoms with Crippen LogP contribution in [0.2, 0.25) is 5.02 Å². The van der Waals surface area contributed by atoms with Crippen molar-refractivity contribution in [3.8, 4) is 0 Å². The van der Waals surface area contributed by atoms with E-state index in [1.807, 2.05) is 17.0 Å². The molecule has 3 atom stereocenters. The monoisotopic (exact) mass is 403 g/mol. The van der Waals surface area contributed by atoms with Crippen LogP contribution in [0.3, 0.4) is 0 Å². The fourth-order valence-corrected chi connectivity index (χ4v) is 4.45. The molecule has 1 N–H and O–H groups in total. The normalized spacial score (nSPS) is 29.8. The van der Waals surface area contributed by atoms with Crippen LogP contribution in [0, 0.1) is 5.92 Å². The number of piperazine rings is 1. The Hall–Kier alpha value is -2.05. The van der Waals surface area contributed by atoms with E-state index in [0.717, 1.165) is 44.6 Å². The molecule has 150 valence electrons. The molecule has 6 nitrogen and oxygen atoms in total. The second-order valence-electron chi connectivity index (χ2n) is 7.94. The van der Waals surface area contributed by atoms with Gasteiger partial charge in [0.2, 0.25) is 5.91 Å². The zero-order valence-electron chi connectivity index (χ0n) is 16.1. The van der Waals surface area contributed by atoms with Crippen LogP contribution in [0.1, 0.15) is 24.8 Å². The van der Waals surface area contributed by atoms with E-state index >= 15 is 0 Å². The van der Waals surface area contributed by atoms with Gasteiger partial charge < -0.3 is 19.9 Å². The molecule has 0 bridgehead atoms. The molecule has 1 aliphatic carbocycles. The minimum absolute atomic E-state index is 0.0352. The number of ether oxygens (including phenoxy) is 1. The van der Waals surface area contributed by atoms with Gasteiger partial charge in [-0.15, -0.1) is 0 Å². The summed E-state index contributed by atoms with van der Waals surface area (Å²) in [5, 5.41) is 3.67. The fraction of sp³-hybridized carbons (Fsp3) is 0.524. The third-order valence-electron chi connectivity index (χ3n) is 5.92. The lowest BCUT2D eigenvalue weighted by Gasteiger charge is -2.42. The number of fused-ring (bicyclic) bond motifs is 1. The van der Waals surface area contributed by atoms with Crippen LogP contribution in [0.25, 0.3) is 6.08 Å². The summed E-state index contributed by atoms with van der Waals surface area (Å²) in [5.74, 6) is 0.273. The van der Waals surface area contributed by atoms with Gasteiger partial charge in [-0.3, -0.25) is 9.59 Å². The van der Waals surface area contributed by atoms with Gasteiger partial charge in [0.1, 0.15) is 6.10 Å². The lowest BCUT2D eigenvalue weighted by Crippen LogP contribution is -2.56. The molecule has 1 aromatic carbocycles. The smallest absolute Gasteiger partial charge is 0.286 e. The molecule has 2 amide bonds. The van der Waals surface area contributed by atoms with Gasteiger partial charge in [-0.05, 0) is 50.1 Å². The fourth-order valence-electron chi connectivity index (χ4n) is 4.25. The van der Waals surface area contributed by atoms with Crippen molar-refractivity contribution in [1.82, 2.24) is 15.1 Å². The molecule has 2 aliphatic heterocycles. The molecule has 7 heteroatoms. The van der Waals surface area contributed by atoms with E-state index in [4.69, 9.17) is 16.3 Å². The van der Waals surface area contributed by atoms with E-state index in [1.54, 1.807) is 18.2 Å². The molecule has 1 aromatic rings. The Kier molecular flexibility index (Phi) is 5.60. The molecular formula is C21H26ClN3O3. The number of hydrogen-bond donors (Lipinski definition) is 1. The van der Waals surface area contributed by atoms with Crippen molar-refractivity contribution < 1.29 is 14.3 Å².